The molecule has 21 heavy (non-hydrogen) atoms. The van der Waals surface area contributed by atoms with Crippen LogP contribution in [0.5, 0.6) is 0 Å². The van der Waals surface area contributed by atoms with Gasteiger partial charge in [0, 0.05) is 24.8 Å². The van der Waals surface area contributed by atoms with Crippen molar-refractivity contribution in [2.24, 2.45) is 0 Å². The SMILES string of the molecule is O=[N+]([O-])c1cc(F)cc(N(CCO)Cc2ccccc2)c1. The molecule has 0 spiro atoms. The molecule has 0 aliphatic carbocycles. The Balaban J connectivity index is 2.31. The average molecular weight is 290 g/mol. The Bertz CT molecular complexity index is 620. The fraction of sp³-hybridized carbons (Fsp3) is 0.200. The molecule has 0 bridgehead atoms. The van der Waals surface area contributed by atoms with Gasteiger partial charge in [-0.15, -0.1) is 0 Å². The Kier molecular flexibility index (Phi) is 4.84. The van der Waals surface area contributed by atoms with E-state index in [-0.39, 0.29) is 18.8 Å². The number of anilines is 1. The van der Waals surface area contributed by atoms with Gasteiger partial charge in [0.05, 0.1) is 17.6 Å². The zero-order valence-electron chi connectivity index (χ0n) is 11.3. The van der Waals surface area contributed by atoms with Crippen molar-refractivity contribution in [3.05, 3.63) is 70.0 Å². The van der Waals surface area contributed by atoms with Crippen molar-refractivity contribution in [2.75, 3.05) is 18.1 Å². The smallest absolute Gasteiger partial charge is 0.274 e. The molecular formula is C15H15FN2O3. The molecule has 0 atom stereocenters. The monoisotopic (exact) mass is 290 g/mol. The van der Waals surface area contributed by atoms with Crippen LogP contribution in [0.25, 0.3) is 0 Å². The predicted molar refractivity (Wildman–Crippen MR) is 77.6 cm³/mol. The number of benzene rings is 2. The molecular weight excluding hydrogens is 275 g/mol. The van der Waals surface area contributed by atoms with E-state index in [9.17, 15) is 14.5 Å². The van der Waals surface area contributed by atoms with Crippen molar-refractivity contribution >= 4 is 11.4 Å². The van der Waals surface area contributed by atoms with E-state index in [2.05, 4.69) is 0 Å². The first kappa shape index (κ1) is 14.9. The summed E-state index contributed by atoms with van der Waals surface area (Å²) in [5, 5.41) is 20.0. The van der Waals surface area contributed by atoms with Gasteiger partial charge in [-0.3, -0.25) is 10.1 Å². The molecule has 6 heteroatoms. The first-order valence-electron chi connectivity index (χ1n) is 6.45. The van der Waals surface area contributed by atoms with Gasteiger partial charge < -0.3 is 10.0 Å². The van der Waals surface area contributed by atoms with Gasteiger partial charge >= 0.3 is 0 Å². The molecule has 0 saturated heterocycles. The molecule has 2 aromatic rings. The van der Waals surface area contributed by atoms with Gasteiger partial charge in [-0.1, -0.05) is 30.3 Å². The number of non-ortho nitro benzene ring substituents is 1. The molecule has 0 saturated carbocycles. The van der Waals surface area contributed by atoms with Gasteiger partial charge in [0.15, 0.2) is 0 Å². The summed E-state index contributed by atoms with van der Waals surface area (Å²) in [6, 6.07) is 12.8. The summed E-state index contributed by atoms with van der Waals surface area (Å²) in [5.41, 5.74) is 1.04. The normalized spacial score (nSPS) is 10.4. The van der Waals surface area contributed by atoms with E-state index >= 15 is 0 Å². The topological polar surface area (TPSA) is 66.6 Å². The number of aliphatic hydroxyl groups excluding tert-OH is 1. The van der Waals surface area contributed by atoms with Crippen molar-refractivity contribution in [1.82, 2.24) is 0 Å². The molecule has 5 nitrogen and oxygen atoms in total. The van der Waals surface area contributed by atoms with Gasteiger partial charge in [-0.2, -0.15) is 0 Å². The summed E-state index contributed by atoms with van der Waals surface area (Å²) >= 11 is 0. The standard InChI is InChI=1S/C15H15FN2O3/c16-13-8-14(10-15(9-13)18(20)21)17(6-7-19)11-12-4-2-1-3-5-12/h1-5,8-10,19H,6-7,11H2. The number of nitrogens with zero attached hydrogens (tertiary/aromatic N) is 2. The largest absolute Gasteiger partial charge is 0.395 e. The number of aliphatic hydroxyl groups is 1. The van der Waals surface area contributed by atoms with Crippen LogP contribution in [0.3, 0.4) is 0 Å². The Morgan fingerprint density at radius 3 is 2.52 bits per heavy atom. The summed E-state index contributed by atoms with van der Waals surface area (Å²) in [5.74, 6) is -0.671. The molecule has 0 aliphatic heterocycles. The Hall–Kier alpha value is -2.47. The van der Waals surface area contributed by atoms with E-state index in [1.54, 1.807) is 4.90 Å². The molecule has 2 rings (SSSR count). The second kappa shape index (κ2) is 6.81. The van der Waals surface area contributed by atoms with Crippen molar-refractivity contribution in [1.29, 1.82) is 0 Å². The zero-order chi connectivity index (χ0) is 15.2. The third-order valence-corrected chi connectivity index (χ3v) is 3.03. The van der Waals surface area contributed by atoms with Gasteiger partial charge in [-0.25, -0.2) is 4.39 Å². The van der Waals surface area contributed by atoms with E-state index in [1.807, 2.05) is 30.3 Å². The minimum Gasteiger partial charge on any atom is -0.395 e. The van der Waals surface area contributed by atoms with Crippen LogP contribution in [-0.2, 0) is 6.54 Å². The molecule has 0 amide bonds. The average Bonchev–Trinajstić information content (AvgIpc) is 2.47. The zero-order valence-corrected chi connectivity index (χ0v) is 11.3. The maximum absolute atomic E-state index is 13.5. The Labute approximate surface area is 121 Å². The van der Waals surface area contributed by atoms with Gasteiger partial charge in [0.25, 0.3) is 5.69 Å². The van der Waals surface area contributed by atoms with Crippen LogP contribution >= 0.6 is 0 Å². The first-order chi connectivity index (χ1) is 10.1. The third kappa shape index (κ3) is 4.00. The van der Waals surface area contributed by atoms with Crippen LogP contribution in [0.2, 0.25) is 0 Å². The Morgan fingerprint density at radius 2 is 1.90 bits per heavy atom. The van der Waals surface area contributed by atoms with Crippen LogP contribution in [0.4, 0.5) is 15.8 Å². The maximum atomic E-state index is 13.5. The number of hydrogen-bond donors (Lipinski definition) is 1. The highest BCUT2D eigenvalue weighted by Crippen LogP contribution is 2.24. The molecule has 0 radical (unpaired) electrons. The molecule has 1 N–H and O–H groups in total. The summed E-state index contributed by atoms with van der Waals surface area (Å²) < 4.78 is 13.5. The number of halogens is 1. The number of nitro benzene ring substituents is 1. The molecule has 2 aromatic carbocycles. The molecule has 0 unspecified atom stereocenters. The lowest BCUT2D eigenvalue weighted by Crippen LogP contribution is -2.26. The van der Waals surface area contributed by atoms with Crippen molar-refractivity contribution in [3.8, 4) is 0 Å². The summed E-state index contributed by atoms with van der Waals surface area (Å²) in [4.78, 5) is 11.9. The number of hydrogen-bond acceptors (Lipinski definition) is 4. The van der Waals surface area contributed by atoms with Crippen LogP contribution in [0, 0.1) is 15.9 Å². The van der Waals surface area contributed by atoms with Crippen LogP contribution in [0.15, 0.2) is 48.5 Å². The highest BCUT2D eigenvalue weighted by Gasteiger charge is 2.14. The van der Waals surface area contributed by atoms with Gasteiger partial charge in [0.2, 0.25) is 0 Å². The van der Waals surface area contributed by atoms with Crippen molar-refractivity contribution < 1.29 is 14.4 Å². The fourth-order valence-corrected chi connectivity index (χ4v) is 2.07. The summed E-state index contributed by atoms with van der Waals surface area (Å²) in [6.45, 7) is 0.564. The van der Waals surface area contributed by atoms with Crippen LogP contribution < -0.4 is 4.90 Å². The van der Waals surface area contributed by atoms with Gasteiger partial charge in [-0.05, 0) is 11.6 Å². The van der Waals surface area contributed by atoms with E-state index in [4.69, 9.17) is 5.11 Å². The van der Waals surface area contributed by atoms with Crippen LogP contribution in [0.1, 0.15) is 5.56 Å². The first-order valence-corrected chi connectivity index (χ1v) is 6.45. The summed E-state index contributed by atoms with van der Waals surface area (Å²) in [6.07, 6.45) is 0. The number of rotatable bonds is 6. The van der Waals surface area contributed by atoms with Crippen LogP contribution in [-0.4, -0.2) is 23.2 Å². The molecule has 0 aromatic heterocycles. The third-order valence-electron chi connectivity index (χ3n) is 3.03. The molecule has 110 valence electrons. The predicted octanol–water partition coefficient (Wildman–Crippen LogP) is 2.73. The molecule has 0 aliphatic rings. The van der Waals surface area contributed by atoms with Crippen molar-refractivity contribution in [3.63, 3.8) is 0 Å². The van der Waals surface area contributed by atoms with Crippen molar-refractivity contribution in [2.45, 2.75) is 6.54 Å². The lowest BCUT2D eigenvalue weighted by atomic mass is 10.2. The number of nitro groups is 1. The molecule has 0 fully saturated rings. The second-order valence-electron chi connectivity index (χ2n) is 4.56. The Morgan fingerprint density at radius 1 is 1.19 bits per heavy atom. The van der Waals surface area contributed by atoms with E-state index < -0.39 is 10.7 Å². The fourth-order valence-electron chi connectivity index (χ4n) is 2.07. The highest BCUT2D eigenvalue weighted by atomic mass is 19.1. The maximum Gasteiger partial charge on any atom is 0.274 e. The van der Waals surface area contributed by atoms with Gasteiger partial charge in [0.1, 0.15) is 5.82 Å². The van der Waals surface area contributed by atoms with E-state index in [0.29, 0.717) is 12.2 Å². The minimum atomic E-state index is -0.671. The lowest BCUT2D eigenvalue weighted by molar-refractivity contribution is -0.385. The highest BCUT2D eigenvalue weighted by molar-refractivity contribution is 5.54. The second-order valence-corrected chi connectivity index (χ2v) is 4.56. The lowest BCUT2D eigenvalue weighted by Gasteiger charge is -2.24. The summed E-state index contributed by atoms with van der Waals surface area (Å²) in [7, 11) is 0. The van der Waals surface area contributed by atoms with E-state index in [1.165, 1.54) is 12.1 Å². The quantitative estimate of drug-likeness (QED) is 0.656. The minimum absolute atomic E-state index is 0.128. The molecule has 0 heterocycles. The van der Waals surface area contributed by atoms with E-state index in [0.717, 1.165) is 11.6 Å².